The molecule has 1 atom stereocenters. The molecule has 1 fully saturated rings. The van der Waals surface area contributed by atoms with Gasteiger partial charge in [0.1, 0.15) is 0 Å². The Bertz CT molecular complexity index is 632. The summed E-state index contributed by atoms with van der Waals surface area (Å²) in [6.07, 6.45) is 4.41. The second-order valence-electron chi connectivity index (χ2n) is 5.68. The van der Waals surface area contributed by atoms with Gasteiger partial charge in [0, 0.05) is 23.8 Å². The maximum Gasteiger partial charge on any atom is 0.285 e. The van der Waals surface area contributed by atoms with Crippen LogP contribution in [-0.4, -0.2) is 43.5 Å². The van der Waals surface area contributed by atoms with Gasteiger partial charge in [-0.05, 0) is 32.1 Å². The van der Waals surface area contributed by atoms with E-state index in [-0.39, 0.29) is 17.4 Å². The number of aromatic nitrogens is 2. The highest BCUT2D eigenvalue weighted by molar-refractivity contribution is 7.90. The van der Waals surface area contributed by atoms with E-state index in [1.165, 1.54) is 0 Å². The number of nitrogens with zero attached hydrogens (tertiary/aromatic N) is 1. The van der Waals surface area contributed by atoms with Crippen molar-refractivity contribution < 1.29 is 17.9 Å². The molecule has 1 aromatic heterocycles. The maximum absolute atomic E-state index is 12.2. The van der Waals surface area contributed by atoms with E-state index in [1.807, 2.05) is 0 Å². The molecule has 2 heterocycles. The number of carbonyl (C=O) groups is 1. The van der Waals surface area contributed by atoms with E-state index in [0.717, 1.165) is 36.9 Å². The van der Waals surface area contributed by atoms with Crippen molar-refractivity contribution in [3.8, 4) is 0 Å². The molecule has 0 radical (unpaired) electrons. The quantitative estimate of drug-likeness (QED) is 0.837. The average molecular weight is 313 g/mol. The number of rotatable bonds is 4. The molecule has 116 valence electrons. The smallest absolute Gasteiger partial charge is 0.285 e. The van der Waals surface area contributed by atoms with E-state index in [1.54, 1.807) is 0 Å². The Morgan fingerprint density at radius 1 is 1.38 bits per heavy atom. The molecule has 2 aliphatic rings. The van der Waals surface area contributed by atoms with Crippen molar-refractivity contribution >= 4 is 15.9 Å². The lowest BCUT2D eigenvalue weighted by Gasteiger charge is -2.12. The second kappa shape index (κ2) is 5.76. The van der Waals surface area contributed by atoms with E-state index < -0.39 is 15.9 Å². The lowest BCUT2D eigenvalue weighted by atomic mass is 9.96. The minimum absolute atomic E-state index is 0.0385. The number of ether oxygens (including phenoxy) is 1. The summed E-state index contributed by atoms with van der Waals surface area (Å²) in [6, 6.07) is 0. The zero-order valence-electron chi connectivity index (χ0n) is 11.7. The van der Waals surface area contributed by atoms with Crippen LogP contribution >= 0.6 is 0 Å². The molecule has 1 aliphatic carbocycles. The molecule has 1 unspecified atom stereocenters. The molecular formula is C13H19N3O4S. The molecule has 2 N–H and O–H groups in total. The van der Waals surface area contributed by atoms with Gasteiger partial charge in [-0.2, -0.15) is 5.10 Å². The SMILES string of the molecule is O=C(NS(=O)(=O)CC1CCOC1)c1n[nH]c2c1CCCC2. The third kappa shape index (κ3) is 3.26. The van der Waals surface area contributed by atoms with Crippen LogP contribution in [0.25, 0.3) is 0 Å². The first-order valence-electron chi connectivity index (χ1n) is 7.24. The molecule has 8 heteroatoms. The average Bonchev–Trinajstić information content (AvgIpc) is 3.06. The number of carbonyl (C=O) groups excluding carboxylic acids is 1. The van der Waals surface area contributed by atoms with Gasteiger partial charge >= 0.3 is 0 Å². The summed E-state index contributed by atoms with van der Waals surface area (Å²) in [5.74, 6) is -0.748. The number of aryl methyl sites for hydroxylation is 1. The molecule has 0 saturated carbocycles. The van der Waals surface area contributed by atoms with Crippen LogP contribution in [0.1, 0.15) is 41.0 Å². The fourth-order valence-electron chi connectivity index (χ4n) is 2.93. The van der Waals surface area contributed by atoms with E-state index in [0.29, 0.717) is 19.6 Å². The summed E-state index contributed by atoms with van der Waals surface area (Å²) in [4.78, 5) is 12.2. The topological polar surface area (TPSA) is 101 Å². The number of nitrogens with one attached hydrogen (secondary N) is 2. The number of sulfonamides is 1. The summed E-state index contributed by atoms with van der Waals surface area (Å²) >= 11 is 0. The van der Waals surface area contributed by atoms with Crippen molar-refractivity contribution in [2.75, 3.05) is 19.0 Å². The van der Waals surface area contributed by atoms with Gasteiger partial charge < -0.3 is 4.74 Å². The van der Waals surface area contributed by atoms with Crippen molar-refractivity contribution in [1.29, 1.82) is 0 Å². The van der Waals surface area contributed by atoms with Gasteiger partial charge in [-0.3, -0.25) is 9.89 Å². The summed E-state index contributed by atoms with van der Waals surface area (Å²) < 4.78 is 31.4. The number of hydrogen-bond acceptors (Lipinski definition) is 5. The Hall–Kier alpha value is -1.41. The minimum atomic E-state index is -3.65. The first-order chi connectivity index (χ1) is 10.1. The third-order valence-electron chi connectivity index (χ3n) is 4.00. The Labute approximate surface area is 123 Å². The van der Waals surface area contributed by atoms with Crippen molar-refractivity contribution in [2.45, 2.75) is 32.1 Å². The van der Waals surface area contributed by atoms with Crippen LogP contribution in [-0.2, 0) is 27.6 Å². The molecule has 1 aliphatic heterocycles. The van der Waals surface area contributed by atoms with Crippen LogP contribution in [0.15, 0.2) is 0 Å². The molecule has 1 amide bonds. The zero-order chi connectivity index (χ0) is 14.9. The maximum atomic E-state index is 12.2. The molecule has 1 saturated heterocycles. The van der Waals surface area contributed by atoms with Crippen LogP contribution in [0.3, 0.4) is 0 Å². The highest BCUT2D eigenvalue weighted by Gasteiger charge is 2.28. The number of hydrogen-bond donors (Lipinski definition) is 2. The van der Waals surface area contributed by atoms with Gasteiger partial charge in [-0.25, -0.2) is 13.1 Å². The molecule has 21 heavy (non-hydrogen) atoms. The van der Waals surface area contributed by atoms with Gasteiger partial charge in [0.25, 0.3) is 5.91 Å². The lowest BCUT2D eigenvalue weighted by molar-refractivity contribution is 0.0975. The molecular weight excluding hydrogens is 294 g/mol. The summed E-state index contributed by atoms with van der Waals surface area (Å²) in [5.41, 5.74) is 2.03. The predicted octanol–water partition coefficient (Wildman–Crippen LogP) is 0.385. The molecule has 7 nitrogen and oxygen atoms in total. The summed E-state index contributed by atoms with van der Waals surface area (Å²) in [7, 11) is -3.65. The highest BCUT2D eigenvalue weighted by atomic mass is 32.2. The first-order valence-corrected chi connectivity index (χ1v) is 8.89. The van der Waals surface area contributed by atoms with Crippen molar-refractivity contribution in [3.05, 3.63) is 17.0 Å². The van der Waals surface area contributed by atoms with E-state index in [4.69, 9.17) is 4.74 Å². The van der Waals surface area contributed by atoms with E-state index >= 15 is 0 Å². The first kappa shape index (κ1) is 14.5. The second-order valence-corrected chi connectivity index (χ2v) is 7.45. The summed E-state index contributed by atoms with van der Waals surface area (Å²) in [6.45, 7) is 1.02. The van der Waals surface area contributed by atoms with Crippen LogP contribution in [0, 0.1) is 5.92 Å². The van der Waals surface area contributed by atoms with Gasteiger partial charge in [-0.15, -0.1) is 0 Å². The van der Waals surface area contributed by atoms with Crippen LogP contribution in [0.2, 0.25) is 0 Å². The number of fused-ring (bicyclic) bond motifs is 1. The normalized spacial score (nSPS) is 22.0. The van der Waals surface area contributed by atoms with Crippen molar-refractivity contribution in [2.24, 2.45) is 5.92 Å². The zero-order valence-corrected chi connectivity index (χ0v) is 12.5. The number of aromatic amines is 1. The Morgan fingerprint density at radius 2 is 2.19 bits per heavy atom. The van der Waals surface area contributed by atoms with Gasteiger partial charge in [0.2, 0.25) is 10.0 Å². The predicted molar refractivity (Wildman–Crippen MR) is 75.4 cm³/mol. The Balaban J connectivity index is 1.69. The molecule has 0 bridgehead atoms. The summed E-state index contributed by atoms with van der Waals surface area (Å²) in [5, 5.41) is 6.83. The molecule has 1 aromatic rings. The van der Waals surface area contributed by atoms with E-state index in [2.05, 4.69) is 14.9 Å². The Morgan fingerprint density at radius 3 is 2.95 bits per heavy atom. The molecule has 3 rings (SSSR count). The van der Waals surface area contributed by atoms with Crippen LogP contribution < -0.4 is 4.72 Å². The monoisotopic (exact) mass is 313 g/mol. The van der Waals surface area contributed by atoms with Crippen molar-refractivity contribution in [3.63, 3.8) is 0 Å². The Kier molecular flexibility index (Phi) is 3.99. The number of H-pyrrole nitrogens is 1. The van der Waals surface area contributed by atoms with Crippen LogP contribution in [0.4, 0.5) is 0 Å². The lowest BCUT2D eigenvalue weighted by Crippen LogP contribution is -2.35. The molecule has 0 aromatic carbocycles. The standard InChI is InChI=1S/C13H19N3O4S/c17-13(12-10-3-1-2-4-11(10)14-15-12)16-21(18,19)8-9-5-6-20-7-9/h9H,1-8H2,(H,14,15)(H,16,17). The minimum Gasteiger partial charge on any atom is -0.381 e. The van der Waals surface area contributed by atoms with Gasteiger partial charge in [0.05, 0.1) is 12.4 Å². The van der Waals surface area contributed by atoms with Crippen molar-refractivity contribution in [1.82, 2.24) is 14.9 Å². The largest absolute Gasteiger partial charge is 0.381 e. The van der Waals surface area contributed by atoms with E-state index in [9.17, 15) is 13.2 Å². The van der Waals surface area contributed by atoms with Gasteiger partial charge in [0.15, 0.2) is 5.69 Å². The fraction of sp³-hybridized carbons (Fsp3) is 0.692. The van der Waals surface area contributed by atoms with Gasteiger partial charge in [-0.1, -0.05) is 0 Å². The highest BCUT2D eigenvalue weighted by Crippen LogP contribution is 2.22. The number of amides is 1. The third-order valence-corrected chi connectivity index (χ3v) is 5.41. The fourth-order valence-corrected chi connectivity index (χ4v) is 4.27. The molecule has 0 spiro atoms. The van der Waals surface area contributed by atoms with Crippen LogP contribution in [0.5, 0.6) is 0 Å².